The molecule has 0 unspecified atom stereocenters. The normalized spacial score (nSPS) is 11.3. The molecule has 1 heterocycles. The van der Waals surface area contributed by atoms with Gasteiger partial charge in [-0.3, -0.25) is 0 Å². The second-order valence-electron chi connectivity index (χ2n) is 7.61. The van der Waals surface area contributed by atoms with Crippen LogP contribution in [0.2, 0.25) is 0 Å². The summed E-state index contributed by atoms with van der Waals surface area (Å²) < 4.78 is 10.6. The number of hydrogen-bond acceptors (Lipinski definition) is 7. The molecule has 0 aliphatic carbocycles. The third-order valence-corrected chi connectivity index (χ3v) is 4.93. The van der Waals surface area contributed by atoms with Crippen LogP contribution in [0.3, 0.4) is 0 Å². The molecule has 0 saturated carbocycles. The van der Waals surface area contributed by atoms with Crippen molar-refractivity contribution in [3.8, 4) is 10.4 Å². The van der Waals surface area contributed by atoms with E-state index < -0.39 is 11.7 Å². The van der Waals surface area contributed by atoms with Gasteiger partial charge in [0.15, 0.2) is 0 Å². The zero-order valence-corrected chi connectivity index (χ0v) is 18.4. The Hall–Kier alpha value is -2.16. The summed E-state index contributed by atoms with van der Waals surface area (Å²) >= 11 is 1.61. The van der Waals surface area contributed by atoms with E-state index in [4.69, 9.17) is 14.6 Å². The molecule has 0 aliphatic heterocycles. The molecule has 1 amide bonds. The van der Waals surface area contributed by atoms with E-state index in [9.17, 15) is 4.79 Å². The smallest absolute Gasteiger partial charge is 0.407 e. The molecule has 0 atom stereocenters. The molecule has 0 radical (unpaired) electrons. The number of benzene rings is 1. The lowest BCUT2D eigenvalue weighted by molar-refractivity contribution is 0.0523. The van der Waals surface area contributed by atoms with Crippen molar-refractivity contribution in [3.63, 3.8) is 0 Å². The van der Waals surface area contributed by atoms with Crippen molar-refractivity contribution in [3.05, 3.63) is 35.0 Å². The molecule has 7 nitrogen and oxygen atoms in total. The number of carbonyl (C=O) groups excluding carboxylic acids is 1. The topological polar surface area (TPSA) is 92.7 Å². The van der Waals surface area contributed by atoms with Crippen molar-refractivity contribution >= 4 is 23.1 Å². The first-order valence-corrected chi connectivity index (χ1v) is 10.6. The Labute approximate surface area is 176 Å². The van der Waals surface area contributed by atoms with Crippen molar-refractivity contribution < 1.29 is 19.4 Å². The number of anilines is 1. The summed E-state index contributed by atoms with van der Waals surface area (Å²) in [5.41, 5.74) is 5.32. The number of ether oxygens (including phenoxy) is 2. The molecule has 2 aromatic rings. The van der Waals surface area contributed by atoms with E-state index in [0.717, 1.165) is 40.4 Å². The number of rotatable bonds is 10. The molecule has 0 aliphatic rings. The molecule has 0 spiro atoms. The molecule has 0 saturated heterocycles. The summed E-state index contributed by atoms with van der Waals surface area (Å²) in [5, 5.41) is 15.0. The third-order valence-electron chi connectivity index (χ3n) is 3.96. The van der Waals surface area contributed by atoms with Gasteiger partial charge >= 0.3 is 6.09 Å². The van der Waals surface area contributed by atoms with Gasteiger partial charge in [-0.25, -0.2) is 9.78 Å². The standard InChI is InChI=1S/C21H31N3O4S/c1-15-19(29-14-24-15)16-6-7-17(13-23-20(26)28-21(2,3)4)18(12-16)22-8-5-10-27-11-9-25/h6-7,12,14,22,25H,5,8-11,13H2,1-4H3,(H,23,26). The zero-order chi connectivity index (χ0) is 21.3. The quantitative estimate of drug-likeness (QED) is 0.503. The van der Waals surface area contributed by atoms with Crippen molar-refractivity contribution in [2.45, 2.75) is 46.3 Å². The van der Waals surface area contributed by atoms with Crippen LogP contribution in [0.25, 0.3) is 10.4 Å². The summed E-state index contributed by atoms with van der Waals surface area (Å²) in [6.07, 6.45) is 0.367. The van der Waals surface area contributed by atoms with Gasteiger partial charge in [-0.2, -0.15) is 0 Å². The number of aliphatic hydroxyl groups is 1. The minimum atomic E-state index is -0.534. The summed E-state index contributed by atoms with van der Waals surface area (Å²) in [6, 6.07) is 6.14. The Balaban J connectivity index is 2.07. The number of aromatic nitrogens is 1. The summed E-state index contributed by atoms with van der Waals surface area (Å²) in [5.74, 6) is 0. The lowest BCUT2D eigenvalue weighted by atomic mass is 10.1. The third kappa shape index (κ3) is 8.00. The number of aryl methyl sites for hydroxylation is 1. The number of aliphatic hydroxyl groups excluding tert-OH is 1. The summed E-state index contributed by atoms with van der Waals surface area (Å²) in [4.78, 5) is 17.5. The van der Waals surface area contributed by atoms with Crippen molar-refractivity contribution in [2.24, 2.45) is 0 Å². The van der Waals surface area contributed by atoms with Gasteiger partial charge in [0.05, 0.1) is 29.3 Å². The van der Waals surface area contributed by atoms with Crippen LogP contribution in [0, 0.1) is 6.92 Å². The fraction of sp³-hybridized carbons (Fsp3) is 0.524. The Kier molecular flexibility index (Phi) is 8.88. The molecule has 1 aromatic heterocycles. The highest BCUT2D eigenvalue weighted by atomic mass is 32.1. The van der Waals surface area contributed by atoms with Gasteiger partial charge < -0.3 is 25.2 Å². The second-order valence-corrected chi connectivity index (χ2v) is 8.47. The van der Waals surface area contributed by atoms with Gasteiger partial charge in [0.1, 0.15) is 5.60 Å². The van der Waals surface area contributed by atoms with Gasteiger partial charge in [0.2, 0.25) is 0 Å². The van der Waals surface area contributed by atoms with E-state index in [-0.39, 0.29) is 6.61 Å². The highest BCUT2D eigenvalue weighted by molar-refractivity contribution is 7.13. The van der Waals surface area contributed by atoms with Crippen LogP contribution in [0.15, 0.2) is 23.7 Å². The highest BCUT2D eigenvalue weighted by Gasteiger charge is 2.16. The van der Waals surface area contributed by atoms with Crippen LogP contribution in [0.4, 0.5) is 10.5 Å². The Morgan fingerprint density at radius 1 is 1.28 bits per heavy atom. The number of nitrogens with one attached hydrogen (secondary N) is 2. The maximum absolute atomic E-state index is 12.0. The Morgan fingerprint density at radius 2 is 2.07 bits per heavy atom. The van der Waals surface area contributed by atoms with E-state index in [1.165, 1.54) is 0 Å². The highest BCUT2D eigenvalue weighted by Crippen LogP contribution is 2.31. The maximum Gasteiger partial charge on any atom is 0.407 e. The Bertz CT molecular complexity index is 786. The van der Waals surface area contributed by atoms with Gasteiger partial charge in [0, 0.05) is 25.4 Å². The molecule has 0 bridgehead atoms. The van der Waals surface area contributed by atoms with Crippen molar-refractivity contribution in [2.75, 3.05) is 31.7 Å². The number of hydrogen-bond donors (Lipinski definition) is 3. The SMILES string of the molecule is Cc1ncsc1-c1ccc(CNC(=O)OC(C)(C)C)c(NCCCOCCO)c1. The predicted molar refractivity (Wildman–Crippen MR) is 116 cm³/mol. The van der Waals surface area contributed by atoms with Crippen LogP contribution < -0.4 is 10.6 Å². The van der Waals surface area contributed by atoms with Gasteiger partial charge in [-0.05, 0) is 51.3 Å². The largest absolute Gasteiger partial charge is 0.444 e. The van der Waals surface area contributed by atoms with Crippen LogP contribution >= 0.6 is 11.3 Å². The van der Waals surface area contributed by atoms with Crippen LogP contribution in [0.1, 0.15) is 38.4 Å². The first-order valence-electron chi connectivity index (χ1n) is 9.73. The number of amides is 1. The zero-order valence-electron chi connectivity index (χ0n) is 17.6. The van der Waals surface area contributed by atoms with Crippen LogP contribution in [0.5, 0.6) is 0 Å². The van der Waals surface area contributed by atoms with Gasteiger partial charge in [-0.1, -0.05) is 12.1 Å². The molecule has 2 rings (SSSR count). The predicted octanol–water partition coefficient (Wildman–Crippen LogP) is 3.95. The number of nitrogens with zero attached hydrogens (tertiary/aromatic N) is 1. The Morgan fingerprint density at radius 3 is 2.72 bits per heavy atom. The van der Waals surface area contributed by atoms with Gasteiger partial charge in [0.25, 0.3) is 0 Å². The molecular formula is C21H31N3O4S. The number of carbonyl (C=O) groups is 1. The van der Waals surface area contributed by atoms with Crippen molar-refractivity contribution in [1.29, 1.82) is 0 Å². The molecule has 0 fully saturated rings. The average molecular weight is 422 g/mol. The monoisotopic (exact) mass is 421 g/mol. The van der Waals surface area contributed by atoms with Gasteiger partial charge in [-0.15, -0.1) is 11.3 Å². The summed E-state index contributed by atoms with van der Waals surface area (Å²) in [7, 11) is 0. The molecule has 160 valence electrons. The van der Waals surface area contributed by atoms with E-state index in [0.29, 0.717) is 19.8 Å². The average Bonchev–Trinajstić information content (AvgIpc) is 3.08. The second kappa shape index (κ2) is 11.1. The van der Waals surface area contributed by atoms with E-state index >= 15 is 0 Å². The van der Waals surface area contributed by atoms with E-state index in [1.54, 1.807) is 11.3 Å². The first-order chi connectivity index (χ1) is 13.8. The first kappa shape index (κ1) is 23.1. The minimum Gasteiger partial charge on any atom is -0.444 e. The number of alkyl carbamates (subject to hydrolysis) is 1. The molecular weight excluding hydrogens is 390 g/mol. The van der Waals surface area contributed by atoms with E-state index in [1.807, 2.05) is 45.3 Å². The molecule has 29 heavy (non-hydrogen) atoms. The lowest BCUT2D eigenvalue weighted by Gasteiger charge is -2.20. The fourth-order valence-electron chi connectivity index (χ4n) is 2.66. The maximum atomic E-state index is 12.0. The van der Waals surface area contributed by atoms with Crippen LogP contribution in [-0.2, 0) is 16.0 Å². The molecule has 3 N–H and O–H groups in total. The fourth-order valence-corrected chi connectivity index (χ4v) is 3.46. The number of thiazole rings is 1. The lowest BCUT2D eigenvalue weighted by Crippen LogP contribution is -2.32. The van der Waals surface area contributed by atoms with Crippen molar-refractivity contribution in [1.82, 2.24) is 10.3 Å². The molecule has 8 heteroatoms. The summed E-state index contributed by atoms with van der Waals surface area (Å²) in [6.45, 7) is 9.55. The van der Waals surface area contributed by atoms with Crippen LogP contribution in [-0.4, -0.2) is 48.2 Å². The van der Waals surface area contributed by atoms with E-state index in [2.05, 4.69) is 21.7 Å². The minimum absolute atomic E-state index is 0.0319. The molecule has 1 aromatic carbocycles.